The molecule has 1 aromatic rings. The van der Waals surface area contributed by atoms with Crippen molar-refractivity contribution in [2.24, 2.45) is 5.41 Å². The highest BCUT2D eigenvalue weighted by Crippen LogP contribution is 2.26. The molecule has 4 nitrogen and oxygen atoms in total. The zero-order valence-corrected chi connectivity index (χ0v) is 16.3. The highest BCUT2D eigenvalue weighted by molar-refractivity contribution is 6.38. The van der Waals surface area contributed by atoms with Gasteiger partial charge in [0.2, 0.25) is 5.78 Å². The van der Waals surface area contributed by atoms with E-state index in [1.165, 1.54) is 5.56 Å². The number of piperidine rings is 1. The van der Waals surface area contributed by atoms with Gasteiger partial charge < -0.3 is 4.90 Å². The molecule has 0 aromatic heterocycles. The lowest BCUT2D eigenvalue weighted by atomic mass is 9.83. The molecule has 1 aliphatic rings. The summed E-state index contributed by atoms with van der Waals surface area (Å²) in [4.78, 5) is 39.6. The van der Waals surface area contributed by atoms with Crippen molar-refractivity contribution >= 4 is 17.5 Å². The fraction of sp³-hybridized carbons (Fsp3) is 0.591. The van der Waals surface area contributed by atoms with E-state index in [1.807, 2.05) is 25.1 Å². The molecule has 1 aliphatic heterocycles. The maximum atomic E-state index is 12.7. The summed E-state index contributed by atoms with van der Waals surface area (Å²) >= 11 is 0. The van der Waals surface area contributed by atoms with Gasteiger partial charge in [-0.1, -0.05) is 51.1 Å². The third-order valence-electron chi connectivity index (χ3n) is 5.56. The molecule has 1 saturated heterocycles. The zero-order valence-electron chi connectivity index (χ0n) is 16.3. The van der Waals surface area contributed by atoms with Crippen molar-refractivity contribution in [3.05, 3.63) is 35.9 Å². The number of hydrogen-bond acceptors (Lipinski definition) is 3. The van der Waals surface area contributed by atoms with Gasteiger partial charge in [0.1, 0.15) is 0 Å². The van der Waals surface area contributed by atoms with Gasteiger partial charge in [-0.3, -0.25) is 14.4 Å². The average molecular weight is 357 g/mol. The van der Waals surface area contributed by atoms with Crippen molar-refractivity contribution in [2.45, 2.75) is 71.8 Å². The Morgan fingerprint density at radius 1 is 1.12 bits per heavy atom. The maximum absolute atomic E-state index is 12.7. The van der Waals surface area contributed by atoms with Gasteiger partial charge in [0.15, 0.2) is 5.78 Å². The van der Waals surface area contributed by atoms with Crippen LogP contribution in [0.25, 0.3) is 0 Å². The third kappa shape index (κ3) is 5.03. The number of amides is 1. The number of aryl methyl sites for hydroxylation is 1. The van der Waals surface area contributed by atoms with Gasteiger partial charge in [0, 0.05) is 18.4 Å². The van der Waals surface area contributed by atoms with Gasteiger partial charge in [-0.15, -0.1) is 0 Å². The normalized spacial score (nSPS) is 17.8. The Balaban J connectivity index is 1.97. The molecule has 1 heterocycles. The minimum Gasteiger partial charge on any atom is -0.326 e. The van der Waals surface area contributed by atoms with E-state index in [0.29, 0.717) is 25.8 Å². The number of rotatable bonds is 8. The Bertz CT molecular complexity index is 636. The standard InChI is InChI=1S/C22H31NO3/c1-4-22(2,3)20(25)21(26)23-16-9-8-14-18(23)19(24)15-10-13-17-11-6-5-7-12-17/h5-7,11-12,18H,4,8-10,13-16H2,1-3H3/t18-/m0/s1. The van der Waals surface area contributed by atoms with Crippen LogP contribution in [-0.4, -0.2) is 35.0 Å². The second-order valence-electron chi connectivity index (χ2n) is 7.88. The lowest BCUT2D eigenvalue weighted by molar-refractivity contribution is -0.153. The van der Waals surface area contributed by atoms with E-state index in [9.17, 15) is 14.4 Å². The number of ketones is 2. The van der Waals surface area contributed by atoms with Crippen LogP contribution >= 0.6 is 0 Å². The van der Waals surface area contributed by atoms with E-state index in [4.69, 9.17) is 0 Å². The highest BCUT2D eigenvalue weighted by atomic mass is 16.2. The molecule has 0 N–H and O–H groups in total. The van der Waals surface area contributed by atoms with Crippen LogP contribution in [0, 0.1) is 5.41 Å². The summed E-state index contributed by atoms with van der Waals surface area (Å²) < 4.78 is 0. The van der Waals surface area contributed by atoms with Crippen LogP contribution in [0.5, 0.6) is 0 Å². The van der Waals surface area contributed by atoms with Crippen LogP contribution in [0.3, 0.4) is 0 Å². The van der Waals surface area contributed by atoms with Gasteiger partial charge in [-0.05, 0) is 44.1 Å². The Hall–Kier alpha value is -1.97. The van der Waals surface area contributed by atoms with E-state index in [2.05, 4.69) is 12.1 Å². The first kappa shape index (κ1) is 20.3. The average Bonchev–Trinajstić information content (AvgIpc) is 2.67. The lowest BCUT2D eigenvalue weighted by Crippen LogP contribution is -2.52. The predicted octanol–water partition coefficient (Wildman–Crippen LogP) is 3.96. The van der Waals surface area contributed by atoms with Crippen molar-refractivity contribution < 1.29 is 14.4 Å². The molecule has 1 aromatic carbocycles. The smallest absolute Gasteiger partial charge is 0.291 e. The van der Waals surface area contributed by atoms with E-state index in [0.717, 1.165) is 25.7 Å². The van der Waals surface area contributed by atoms with Crippen molar-refractivity contribution in [2.75, 3.05) is 6.54 Å². The molecule has 0 aliphatic carbocycles. The van der Waals surface area contributed by atoms with Crippen LogP contribution in [-0.2, 0) is 20.8 Å². The number of carbonyl (C=O) groups is 3. The molecule has 142 valence electrons. The number of benzene rings is 1. The van der Waals surface area contributed by atoms with Crippen LogP contribution in [0.4, 0.5) is 0 Å². The monoisotopic (exact) mass is 357 g/mol. The summed E-state index contributed by atoms with van der Waals surface area (Å²) in [5.74, 6) is -0.752. The van der Waals surface area contributed by atoms with Crippen molar-refractivity contribution in [3.63, 3.8) is 0 Å². The number of Topliss-reactive ketones (excluding diaryl/α,β-unsaturated/α-hetero) is 2. The molecule has 1 atom stereocenters. The van der Waals surface area contributed by atoms with Crippen LogP contribution in [0.15, 0.2) is 30.3 Å². The summed E-state index contributed by atoms with van der Waals surface area (Å²) in [6.45, 7) is 6.02. The summed E-state index contributed by atoms with van der Waals surface area (Å²) in [6, 6.07) is 9.68. The molecule has 0 spiro atoms. The molecule has 26 heavy (non-hydrogen) atoms. The Morgan fingerprint density at radius 3 is 2.46 bits per heavy atom. The molecule has 4 heteroatoms. The second kappa shape index (κ2) is 9.11. The van der Waals surface area contributed by atoms with Crippen LogP contribution < -0.4 is 0 Å². The largest absolute Gasteiger partial charge is 0.326 e. The summed E-state index contributed by atoms with van der Waals surface area (Å²) in [7, 11) is 0. The first-order valence-electron chi connectivity index (χ1n) is 9.79. The topological polar surface area (TPSA) is 54.5 Å². The highest BCUT2D eigenvalue weighted by Gasteiger charge is 2.39. The van der Waals surface area contributed by atoms with E-state index < -0.39 is 17.4 Å². The number of likely N-dealkylation sites (tertiary alicyclic amines) is 1. The summed E-state index contributed by atoms with van der Waals surface area (Å²) in [5, 5.41) is 0. The van der Waals surface area contributed by atoms with Crippen molar-refractivity contribution in [3.8, 4) is 0 Å². The van der Waals surface area contributed by atoms with Gasteiger partial charge in [0.25, 0.3) is 5.91 Å². The molecule has 2 rings (SSSR count). The van der Waals surface area contributed by atoms with Crippen LogP contribution in [0.1, 0.15) is 64.9 Å². The Labute approximate surface area is 157 Å². The summed E-state index contributed by atoms with van der Waals surface area (Å²) in [5.41, 5.74) is 0.548. The van der Waals surface area contributed by atoms with Crippen molar-refractivity contribution in [1.82, 2.24) is 4.90 Å². The quantitative estimate of drug-likeness (QED) is 0.662. The first-order chi connectivity index (χ1) is 12.4. The maximum Gasteiger partial charge on any atom is 0.291 e. The van der Waals surface area contributed by atoms with E-state index in [1.54, 1.807) is 18.7 Å². The van der Waals surface area contributed by atoms with E-state index >= 15 is 0 Å². The molecule has 0 bridgehead atoms. The zero-order chi connectivity index (χ0) is 19.2. The summed E-state index contributed by atoms with van der Waals surface area (Å²) in [6.07, 6.45) is 5.17. The minimum atomic E-state index is -0.671. The molecule has 0 saturated carbocycles. The number of nitrogens with zero attached hydrogens (tertiary/aromatic N) is 1. The number of hydrogen-bond donors (Lipinski definition) is 0. The minimum absolute atomic E-state index is 0.0936. The molecule has 0 unspecified atom stereocenters. The first-order valence-corrected chi connectivity index (χ1v) is 9.79. The fourth-order valence-electron chi connectivity index (χ4n) is 3.37. The fourth-order valence-corrected chi connectivity index (χ4v) is 3.37. The van der Waals surface area contributed by atoms with E-state index in [-0.39, 0.29) is 11.6 Å². The Morgan fingerprint density at radius 2 is 1.81 bits per heavy atom. The molecule has 0 radical (unpaired) electrons. The molecule has 1 amide bonds. The number of carbonyl (C=O) groups excluding carboxylic acids is 3. The van der Waals surface area contributed by atoms with Gasteiger partial charge >= 0.3 is 0 Å². The lowest BCUT2D eigenvalue weighted by Gasteiger charge is -2.36. The molecule has 1 fully saturated rings. The predicted molar refractivity (Wildman–Crippen MR) is 103 cm³/mol. The van der Waals surface area contributed by atoms with Crippen molar-refractivity contribution in [1.29, 1.82) is 0 Å². The second-order valence-corrected chi connectivity index (χ2v) is 7.88. The molecular formula is C22H31NO3. The Kier molecular flexibility index (Phi) is 7.13. The van der Waals surface area contributed by atoms with Crippen LogP contribution in [0.2, 0.25) is 0 Å². The van der Waals surface area contributed by atoms with Gasteiger partial charge in [-0.2, -0.15) is 0 Å². The van der Waals surface area contributed by atoms with Gasteiger partial charge in [0.05, 0.1) is 6.04 Å². The molecular weight excluding hydrogens is 326 g/mol. The third-order valence-corrected chi connectivity index (χ3v) is 5.56. The van der Waals surface area contributed by atoms with Gasteiger partial charge in [-0.25, -0.2) is 0 Å². The SMILES string of the molecule is CCC(C)(C)C(=O)C(=O)N1CCCC[C@H]1C(=O)CCCc1ccccc1.